The summed E-state index contributed by atoms with van der Waals surface area (Å²) < 4.78 is 12.2. The van der Waals surface area contributed by atoms with Crippen molar-refractivity contribution in [2.45, 2.75) is 39.2 Å². The maximum absolute atomic E-state index is 13.0. The Morgan fingerprint density at radius 3 is 2.86 bits per heavy atom. The molecule has 0 aliphatic carbocycles. The van der Waals surface area contributed by atoms with Crippen LogP contribution >= 0.6 is 0 Å². The normalized spacial score (nSPS) is 18.1. The highest BCUT2D eigenvalue weighted by Crippen LogP contribution is 2.41. The first-order valence-corrected chi connectivity index (χ1v) is 10.4. The number of nitrogens with zero attached hydrogens (tertiary/aromatic N) is 1. The number of amides is 1. The first-order chi connectivity index (χ1) is 14.1. The van der Waals surface area contributed by atoms with Crippen LogP contribution in [0.2, 0.25) is 0 Å². The number of carbonyl (C=O) groups excluding carboxylic acids is 1. The molecule has 154 valence electrons. The average Bonchev–Trinajstić information content (AvgIpc) is 3.25. The Balaban J connectivity index is 1.69. The third-order valence-electron chi connectivity index (χ3n) is 5.66. The molecule has 1 amide bonds. The highest BCUT2D eigenvalue weighted by Gasteiger charge is 2.27. The van der Waals surface area contributed by atoms with E-state index in [0.717, 1.165) is 54.9 Å². The summed E-state index contributed by atoms with van der Waals surface area (Å²) in [5.74, 6) is 1.44. The van der Waals surface area contributed by atoms with Crippen molar-refractivity contribution in [3.8, 4) is 11.5 Å². The lowest BCUT2D eigenvalue weighted by Crippen LogP contribution is -2.28. The van der Waals surface area contributed by atoms with Gasteiger partial charge in [0.2, 0.25) is 0 Å². The smallest absolute Gasteiger partial charge is 0.254 e. The average molecular weight is 396 g/mol. The van der Waals surface area contributed by atoms with Gasteiger partial charge in [0.05, 0.1) is 18.0 Å². The van der Waals surface area contributed by atoms with Crippen LogP contribution in [0.5, 0.6) is 11.5 Å². The van der Waals surface area contributed by atoms with Crippen molar-refractivity contribution in [3.05, 3.63) is 47.0 Å². The number of ether oxygens (including phenoxy) is 2. The fourth-order valence-electron chi connectivity index (χ4n) is 4.17. The predicted molar refractivity (Wildman–Crippen MR) is 115 cm³/mol. The fourth-order valence-corrected chi connectivity index (χ4v) is 4.17. The second-order valence-corrected chi connectivity index (χ2v) is 7.70. The van der Waals surface area contributed by atoms with Crippen molar-refractivity contribution < 1.29 is 14.3 Å². The van der Waals surface area contributed by atoms with Crippen molar-refractivity contribution >= 4 is 17.3 Å². The van der Waals surface area contributed by atoms with Crippen molar-refractivity contribution in [1.29, 1.82) is 0 Å². The number of nitrogen functional groups attached to an aromatic ring is 1. The topological polar surface area (TPSA) is 76.8 Å². The number of carbonyl (C=O) groups is 1. The lowest BCUT2D eigenvalue weighted by atomic mass is 9.98. The zero-order valence-electron chi connectivity index (χ0n) is 17.2. The number of anilines is 2. The van der Waals surface area contributed by atoms with Crippen molar-refractivity contribution in [2.24, 2.45) is 0 Å². The summed E-state index contributed by atoms with van der Waals surface area (Å²) in [5.41, 5.74) is 10.5. The molecule has 0 aromatic heterocycles. The van der Waals surface area contributed by atoms with Gasteiger partial charge in [0, 0.05) is 37.2 Å². The number of benzene rings is 2. The van der Waals surface area contributed by atoms with Gasteiger partial charge < -0.3 is 25.4 Å². The molecule has 6 heteroatoms. The molecule has 2 heterocycles. The lowest BCUT2D eigenvalue weighted by molar-refractivity contribution is 0.0791. The highest BCUT2D eigenvalue weighted by atomic mass is 16.5. The minimum atomic E-state index is -0.158. The summed E-state index contributed by atoms with van der Waals surface area (Å²) in [6.45, 7) is 6.99. The molecule has 2 aromatic carbocycles. The Labute approximate surface area is 172 Å². The maximum Gasteiger partial charge on any atom is 0.254 e. The molecule has 2 aliphatic rings. The maximum atomic E-state index is 13.0. The summed E-state index contributed by atoms with van der Waals surface area (Å²) >= 11 is 0. The van der Waals surface area contributed by atoms with E-state index in [-0.39, 0.29) is 12.0 Å². The van der Waals surface area contributed by atoms with Crippen LogP contribution in [0, 0.1) is 6.92 Å². The largest absolute Gasteiger partial charge is 0.493 e. The fraction of sp³-hybridized carbons (Fsp3) is 0.435. The molecule has 0 spiro atoms. The molecule has 2 aliphatic heterocycles. The SMILES string of the molecule is CCNc1cc(C(=O)N2CCCC2)cc(OC2CCOc3cccc(C)c32)c1N. The third-order valence-corrected chi connectivity index (χ3v) is 5.66. The lowest BCUT2D eigenvalue weighted by Gasteiger charge is -2.29. The minimum Gasteiger partial charge on any atom is -0.493 e. The van der Waals surface area contributed by atoms with Crippen LogP contribution in [0.25, 0.3) is 0 Å². The summed E-state index contributed by atoms with van der Waals surface area (Å²) in [4.78, 5) is 14.9. The van der Waals surface area contributed by atoms with E-state index < -0.39 is 0 Å². The summed E-state index contributed by atoms with van der Waals surface area (Å²) in [6, 6.07) is 9.66. The second-order valence-electron chi connectivity index (χ2n) is 7.70. The Kier molecular flexibility index (Phi) is 5.51. The second kappa shape index (κ2) is 8.23. The number of aryl methyl sites for hydroxylation is 1. The van der Waals surface area contributed by atoms with E-state index in [1.54, 1.807) is 6.07 Å². The van der Waals surface area contributed by atoms with Crippen LogP contribution in [0.15, 0.2) is 30.3 Å². The van der Waals surface area contributed by atoms with Gasteiger partial charge in [0.1, 0.15) is 17.6 Å². The Morgan fingerprint density at radius 1 is 1.31 bits per heavy atom. The van der Waals surface area contributed by atoms with E-state index in [1.807, 2.05) is 30.0 Å². The molecule has 1 atom stereocenters. The molecule has 1 saturated heterocycles. The molecule has 6 nitrogen and oxygen atoms in total. The molecule has 0 radical (unpaired) electrons. The van der Waals surface area contributed by atoms with Gasteiger partial charge in [-0.3, -0.25) is 4.79 Å². The third kappa shape index (κ3) is 3.84. The number of likely N-dealkylation sites (tertiary alicyclic amines) is 1. The molecule has 0 saturated carbocycles. The molecule has 2 aromatic rings. The van der Waals surface area contributed by atoms with E-state index in [2.05, 4.69) is 18.3 Å². The van der Waals surface area contributed by atoms with Gasteiger partial charge in [-0.1, -0.05) is 12.1 Å². The number of fused-ring (bicyclic) bond motifs is 1. The predicted octanol–water partition coefficient (Wildman–Crippen LogP) is 4.15. The van der Waals surface area contributed by atoms with E-state index >= 15 is 0 Å². The van der Waals surface area contributed by atoms with Gasteiger partial charge in [-0.2, -0.15) is 0 Å². The van der Waals surface area contributed by atoms with Gasteiger partial charge in [-0.15, -0.1) is 0 Å². The molecule has 0 bridgehead atoms. The van der Waals surface area contributed by atoms with Crippen LogP contribution in [0.4, 0.5) is 11.4 Å². The van der Waals surface area contributed by atoms with Crippen LogP contribution in [-0.4, -0.2) is 37.0 Å². The zero-order chi connectivity index (χ0) is 20.4. The molecular formula is C23H29N3O3. The molecule has 3 N–H and O–H groups in total. The van der Waals surface area contributed by atoms with E-state index in [9.17, 15) is 4.79 Å². The highest BCUT2D eigenvalue weighted by molar-refractivity contribution is 5.97. The molecular weight excluding hydrogens is 366 g/mol. The first-order valence-electron chi connectivity index (χ1n) is 10.4. The van der Waals surface area contributed by atoms with E-state index in [1.165, 1.54) is 0 Å². The van der Waals surface area contributed by atoms with Crippen molar-refractivity contribution in [1.82, 2.24) is 4.90 Å². The molecule has 4 rings (SSSR count). The molecule has 1 unspecified atom stereocenters. The quantitative estimate of drug-likeness (QED) is 0.744. The monoisotopic (exact) mass is 395 g/mol. The standard InChI is InChI=1S/C23H29N3O3/c1-3-25-17-13-16(23(27)26-10-4-5-11-26)14-20(22(17)24)29-19-9-12-28-18-8-6-7-15(2)21(18)19/h6-8,13-14,19,25H,3-5,9-12,24H2,1-2H3. The van der Waals surface area contributed by atoms with E-state index in [0.29, 0.717) is 30.2 Å². The number of rotatable bonds is 5. The summed E-state index contributed by atoms with van der Waals surface area (Å²) in [6.07, 6.45) is 2.69. The Hall–Kier alpha value is -2.89. The van der Waals surface area contributed by atoms with Gasteiger partial charge in [0.15, 0.2) is 0 Å². The van der Waals surface area contributed by atoms with E-state index in [4.69, 9.17) is 15.2 Å². The minimum absolute atomic E-state index is 0.0371. The number of nitrogens with one attached hydrogen (secondary N) is 1. The Bertz CT molecular complexity index is 906. The number of nitrogens with two attached hydrogens (primary N) is 1. The summed E-state index contributed by atoms with van der Waals surface area (Å²) in [5, 5.41) is 3.27. The van der Waals surface area contributed by atoms with Crippen LogP contribution < -0.4 is 20.5 Å². The summed E-state index contributed by atoms with van der Waals surface area (Å²) in [7, 11) is 0. The number of hydrogen-bond acceptors (Lipinski definition) is 5. The molecule has 1 fully saturated rings. The van der Waals surface area contributed by atoms with Gasteiger partial charge in [0.25, 0.3) is 5.91 Å². The van der Waals surface area contributed by atoms with Crippen molar-refractivity contribution in [2.75, 3.05) is 37.3 Å². The van der Waals surface area contributed by atoms with Crippen LogP contribution in [0.1, 0.15) is 53.8 Å². The van der Waals surface area contributed by atoms with Gasteiger partial charge in [-0.05, 0) is 50.5 Å². The van der Waals surface area contributed by atoms with Crippen LogP contribution in [-0.2, 0) is 0 Å². The Morgan fingerprint density at radius 2 is 2.10 bits per heavy atom. The number of hydrogen-bond donors (Lipinski definition) is 2. The van der Waals surface area contributed by atoms with Gasteiger partial charge in [-0.25, -0.2) is 0 Å². The zero-order valence-corrected chi connectivity index (χ0v) is 17.2. The van der Waals surface area contributed by atoms with Gasteiger partial charge >= 0.3 is 0 Å². The molecule has 29 heavy (non-hydrogen) atoms. The first kappa shape index (κ1) is 19.4. The van der Waals surface area contributed by atoms with Crippen molar-refractivity contribution in [3.63, 3.8) is 0 Å². The van der Waals surface area contributed by atoms with Crippen LogP contribution in [0.3, 0.4) is 0 Å².